The van der Waals surface area contributed by atoms with Crippen molar-refractivity contribution in [3.63, 3.8) is 0 Å². The van der Waals surface area contributed by atoms with Gasteiger partial charge >= 0.3 is 0 Å². The largest absolute Gasteiger partial charge is 0.296 e. The van der Waals surface area contributed by atoms with Crippen molar-refractivity contribution < 1.29 is 4.79 Å². The standard InChI is InChI=1S/C19H12ClN7OS/c20-13-8-6-12(7-9-13)16-15(10-26(24-16)14-4-2-1-3-5-14)17(28)22-18-25-27-11-21-23-19(27)29-18/h1-11H,(H,22,25,28). The molecule has 1 N–H and O–H groups in total. The normalized spacial score (nSPS) is 11.1. The van der Waals surface area contributed by atoms with Gasteiger partial charge in [0.2, 0.25) is 10.1 Å². The molecule has 0 atom stereocenters. The molecular formula is C19H12ClN7OS. The second-order valence-corrected chi connectivity index (χ2v) is 7.49. The van der Waals surface area contributed by atoms with Gasteiger partial charge in [-0.25, -0.2) is 4.68 Å². The maximum Gasteiger partial charge on any atom is 0.261 e. The summed E-state index contributed by atoms with van der Waals surface area (Å²) in [6.07, 6.45) is 3.18. The maximum absolute atomic E-state index is 13.0. The zero-order valence-electron chi connectivity index (χ0n) is 14.7. The Morgan fingerprint density at radius 3 is 2.59 bits per heavy atom. The number of halogens is 1. The minimum absolute atomic E-state index is 0.318. The first-order valence-corrected chi connectivity index (χ1v) is 9.76. The Bertz CT molecular complexity index is 1280. The maximum atomic E-state index is 13.0. The predicted octanol–water partition coefficient (Wildman–Crippen LogP) is 3.94. The Kier molecular flexibility index (Phi) is 4.30. The van der Waals surface area contributed by atoms with Crippen LogP contribution >= 0.6 is 22.9 Å². The summed E-state index contributed by atoms with van der Waals surface area (Å²) in [7, 11) is 0. The number of anilines is 1. The molecule has 142 valence electrons. The van der Waals surface area contributed by atoms with E-state index in [0.717, 1.165) is 11.3 Å². The van der Waals surface area contributed by atoms with Crippen molar-refractivity contribution in [1.29, 1.82) is 0 Å². The summed E-state index contributed by atoms with van der Waals surface area (Å²) >= 11 is 7.25. The van der Waals surface area contributed by atoms with Crippen LogP contribution in [0.4, 0.5) is 5.13 Å². The van der Waals surface area contributed by atoms with Crippen molar-refractivity contribution in [3.05, 3.63) is 77.7 Å². The molecule has 29 heavy (non-hydrogen) atoms. The summed E-state index contributed by atoms with van der Waals surface area (Å²) in [5, 5.41) is 20.4. The van der Waals surface area contributed by atoms with E-state index in [2.05, 4.69) is 25.7 Å². The van der Waals surface area contributed by atoms with Crippen molar-refractivity contribution in [2.24, 2.45) is 0 Å². The number of aromatic nitrogens is 6. The number of rotatable bonds is 4. The van der Waals surface area contributed by atoms with Crippen molar-refractivity contribution in [2.75, 3.05) is 5.32 Å². The lowest BCUT2D eigenvalue weighted by Crippen LogP contribution is -2.12. The molecule has 5 aromatic rings. The van der Waals surface area contributed by atoms with Crippen LogP contribution < -0.4 is 5.32 Å². The molecule has 0 aliphatic rings. The van der Waals surface area contributed by atoms with Crippen LogP contribution in [0.15, 0.2) is 67.1 Å². The Balaban J connectivity index is 1.55. The molecule has 2 aromatic carbocycles. The van der Waals surface area contributed by atoms with Gasteiger partial charge in [-0.1, -0.05) is 53.3 Å². The summed E-state index contributed by atoms with van der Waals surface area (Å²) in [6, 6.07) is 16.8. The van der Waals surface area contributed by atoms with Gasteiger partial charge in [0.25, 0.3) is 5.91 Å². The molecule has 0 fully saturated rings. The van der Waals surface area contributed by atoms with E-state index in [1.807, 2.05) is 42.5 Å². The predicted molar refractivity (Wildman–Crippen MR) is 111 cm³/mol. The van der Waals surface area contributed by atoms with Crippen LogP contribution in [0.3, 0.4) is 0 Å². The smallest absolute Gasteiger partial charge is 0.261 e. The van der Waals surface area contributed by atoms with E-state index in [1.165, 1.54) is 22.2 Å². The zero-order valence-corrected chi connectivity index (χ0v) is 16.3. The van der Waals surface area contributed by atoms with Crippen LogP contribution in [-0.2, 0) is 0 Å². The Morgan fingerprint density at radius 2 is 1.83 bits per heavy atom. The first-order valence-electron chi connectivity index (χ1n) is 8.56. The highest BCUT2D eigenvalue weighted by atomic mass is 35.5. The van der Waals surface area contributed by atoms with E-state index >= 15 is 0 Å². The SMILES string of the molecule is O=C(Nc1nn2cnnc2s1)c1cn(-c2ccccc2)nc1-c1ccc(Cl)cc1. The molecule has 0 aliphatic heterocycles. The van der Waals surface area contributed by atoms with Crippen molar-refractivity contribution in [2.45, 2.75) is 0 Å². The molecular weight excluding hydrogens is 410 g/mol. The Labute approximate surface area is 173 Å². The van der Waals surface area contributed by atoms with Gasteiger partial charge in [-0.15, -0.1) is 15.3 Å². The number of nitrogens with zero attached hydrogens (tertiary/aromatic N) is 6. The number of hydrogen-bond acceptors (Lipinski definition) is 6. The zero-order chi connectivity index (χ0) is 19.8. The Morgan fingerprint density at radius 1 is 1.03 bits per heavy atom. The number of fused-ring (bicyclic) bond motifs is 1. The average Bonchev–Trinajstić information content (AvgIpc) is 3.44. The van der Waals surface area contributed by atoms with Crippen LogP contribution in [0, 0.1) is 0 Å². The molecule has 10 heteroatoms. The van der Waals surface area contributed by atoms with E-state index in [0.29, 0.717) is 26.4 Å². The number of benzene rings is 2. The van der Waals surface area contributed by atoms with Gasteiger partial charge in [0, 0.05) is 16.8 Å². The van der Waals surface area contributed by atoms with Crippen LogP contribution in [0.25, 0.3) is 21.9 Å². The highest BCUT2D eigenvalue weighted by Crippen LogP contribution is 2.27. The minimum atomic E-state index is -0.318. The van der Waals surface area contributed by atoms with E-state index in [-0.39, 0.29) is 5.91 Å². The lowest BCUT2D eigenvalue weighted by atomic mass is 10.1. The number of para-hydroxylation sites is 1. The molecule has 0 bridgehead atoms. The van der Waals surface area contributed by atoms with E-state index < -0.39 is 0 Å². The topological polar surface area (TPSA) is 90.0 Å². The number of nitrogens with one attached hydrogen (secondary N) is 1. The third kappa shape index (κ3) is 3.37. The van der Waals surface area contributed by atoms with E-state index in [1.54, 1.807) is 23.0 Å². The summed E-state index contributed by atoms with van der Waals surface area (Å²) in [5.74, 6) is -0.318. The molecule has 0 spiro atoms. The van der Waals surface area contributed by atoms with Crippen LogP contribution in [0.5, 0.6) is 0 Å². The molecule has 1 amide bonds. The molecule has 0 aliphatic carbocycles. The quantitative estimate of drug-likeness (QED) is 0.474. The fraction of sp³-hybridized carbons (Fsp3) is 0. The molecule has 0 saturated carbocycles. The van der Waals surface area contributed by atoms with Crippen molar-refractivity contribution in [3.8, 4) is 16.9 Å². The molecule has 3 aromatic heterocycles. The third-order valence-corrected chi connectivity index (χ3v) is 5.28. The van der Waals surface area contributed by atoms with Crippen molar-refractivity contribution >= 4 is 38.9 Å². The third-order valence-electron chi connectivity index (χ3n) is 4.20. The van der Waals surface area contributed by atoms with Crippen LogP contribution in [0.1, 0.15) is 10.4 Å². The lowest BCUT2D eigenvalue weighted by molar-refractivity contribution is 0.102. The van der Waals surface area contributed by atoms with Crippen LogP contribution in [0.2, 0.25) is 5.02 Å². The lowest BCUT2D eigenvalue weighted by Gasteiger charge is -2.02. The van der Waals surface area contributed by atoms with Gasteiger partial charge in [0.1, 0.15) is 12.0 Å². The molecule has 3 heterocycles. The number of amides is 1. The van der Waals surface area contributed by atoms with E-state index in [4.69, 9.17) is 11.6 Å². The number of hydrogen-bond donors (Lipinski definition) is 1. The van der Waals surface area contributed by atoms with Gasteiger partial charge < -0.3 is 0 Å². The molecule has 0 unspecified atom stereocenters. The van der Waals surface area contributed by atoms with Gasteiger partial charge in [-0.3, -0.25) is 10.1 Å². The van der Waals surface area contributed by atoms with Gasteiger partial charge in [0.15, 0.2) is 0 Å². The van der Waals surface area contributed by atoms with Gasteiger partial charge in [-0.2, -0.15) is 9.61 Å². The van der Waals surface area contributed by atoms with Crippen LogP contribution in [-0.4, -0.2) is 35.5 Å². The monoisotopic (exact) mass is 421 g/mol. The number of carbonyl (C=O) groups excluding carboxylic acids is 1. The fourth-order valence-corrected chi connectivity index (χ4v) is 3.69. The minimum Gasteiger partial charge on any atom is -0.296 e. The summed E-state index contributed by atoms with van der Waals surface area (Å²) in [4.78, 5) is 13.6. The van der Waals surface area contributed by atoms with Gasteiger partial charge in [-0.05, 0) is 24.3 Å². The number of carbonyl (C=O) groups is 1. The van der Waals surface area contributed by atoms with E-state index in [9.17, 15) is 4.79 Å². The molecule has 0 saturated heterocycles. The van der Waals surface area contributed by atoms with Crippen molar-refractivity contribution in [1.82, 2.24) is 29.6 Å². The second kappa shape index (κ2) is 7.12. The summed E-state index contributed by atoms with van der Waals surface area (Å²) < 4.78 is 3.19. The molecule has 0 radical (unpaired) electrons. The summed E-state index contributed by atoms with van der Waals surface area (Å²) in [6.45, 7) is 0. The highest BCUT2D eigenvalue weighted by molar-refractivity contribution is 7.20. The summed E-state index contributed by atoms with van der Waals surface area (Å²) in [5.41, 5.74) is 2.60. The van der Waals surface area contributed by atoms with Gasteiger partial charge in [0.05, 0.1) is 11.3 Å². The first kappa shape index (κ1) is 17.5. The second-order valence-electron chi connectivity index (χ2n) is 6.10. The highest BCUT2D eigenvalue weighted by Gasteiger charge is 2.20. The Hall–Kier alpha value is -3.56. The first-order chi connectivity index (χ1) is 14.2. The fourth-order valence-electron chi connectivity index (χ4n) is 2.85. The molecule has 8 nitrogen and oxygen atoms in total. The average molecular weight is 422 g/mol. The molecule has 5 rings (SSSR count).